The van der Waals surface area contributed by atoms with Gasteiger partial charge in [-0.25, -0.2) is 0 Å². The topological polar surface area (TPSA) is 69.4 Å². The van der Waals surface area contributed by atoms with Crippen molar-refractivity contribution in [1.82, 2.24) is 0 Å². The molecule has 3 unspecified atom stereocenters. The third-order valence-electron chi connectivity index (χ3n) is 3.64. The first kappa shape index (κ1) is 11.6. The molecule has 0 saturated heterocycles. The second kappa shape index (κ2) is 4.17. The first-order valence-corrected chi connectivity index (χ1v) is 5.91. The van der Waals surface area contributed by atoms with Gasteiger partial charge in [0.05, 0.1) is 6.61 Å². The van der Waals surface area contributed by atoms with Crippen LogP contribution in [0.15, 0.2) is 0 Å². The Bertz CT molecular complexity index is 315. The van der Waals surface area contributed by atoms with E-state index in [1.807, 2.05) is 0 Å². The van der Waals surface area contributed by atoms with Crippen molar-refractivity contribution in [3.63, 3.8) is 0 Å². The standard InChI is InChI=1S/C12H19NO3/c1-8(14)16-7-10-2-9-3-11(15)6-12(13,4-9)5-10/h9-10H,2-7,13H2,1H3. The van der Waals surface area contributed by atoms with Crippen molar-refractivity contribution in [2.75, 3.05) is 6.61 Å². The number of hydrogen-bond acceptors (Lipinski definition) is 4. The molecule has 0 heterocycles. The molecule has 2 aliphatic carbocycles. The Morgan fingerprint density at radius 3 is 2.94 bits per heavy atom. The normalized spacial score (nSPS) is 38.2. The van der Waals surface area contributed by atoms with Crippen LogP contribution < -0.4 is 5.73 Å². The van der Waals surface area contributed by atoms with E-state index in [0.717, 1.165) is 19.3 Å². The molecule has 2 N–H and O–H groups in total. The van der Waals surface area contributed by atoms with Gasteiger partial charge in [0.1, 0.15) is 5.78 Å². The maximum atomic E-state index is 11.5. The van der Waals surface area contributed by atoms with Gasteiger partial charge in [-0.3, -0.25) is 9.59 Å². The molecule has 3 atom stereocenters. The Morgan fingerprint density at radius 1 is 1.56 bits per heavy atom. The van der Waals surface area contributed by atoms with Crippen LogP contribution in [0.4, 0.5) is 0 Å². The van der Waals surface area contributed by atoms with Crippen LogP contribution in [-0.2, 0) is 14.3 Å². The van der Waals surface area contributed by atoms with Gasteiger partial charge >= 0.3 is 5.97 Å². The third-order valence-corrected chi connectivity index (χ3v) is 3.64. The highest BCUT2D eigenvalue weighted by Gasteiger charge is 2.43. The fourth-order valence-corrected chi connectivity index (χ4v) is 3.32. The SMILES string of the molecule is CC(=O)OCC1CC2CC(=O)CC(N)(C1)C2. The van der Waals surface area contributed by atoms with E-state index in [1.54, 1.807) is 0 Å². The summed E-state index contributed by atoms with van der Waals surface area (Å²) in [5.41, 5.74) is 5.90. The van der Waals surface area contributed by atoms with Gasteiger partial charge in [0.25, 0.3) is 0 Å². The van der Waals surface area contributed by atoms with E-state index in [1.165, 1.54) is 6.92 Å². The quantitative estimate of drug-likeness (QED) is 0.712. The summed E-state index contributed by atoms with van der Waals surface area (Å²) in [7, 11) is 0. The van der Waals surface area contributed by atoms with Crippen LogP contribution >= 0.6 is 0 Å². The lowest BCUT2D eigenvalue weighted by molar-refractivity contribution is -0.144. The molecule has 2 saturated carbocycles. The van der Waals surface area contributed by atoms with Crippen molar-refractivity contribution >= 4 is 11.8 Å². The summed E-state index contributed by atoms with van der Waals surface area (Å²) in [6.07, 6.45) is 3.89. The highest BCUT2D eigenvalue weighted by Crippen LogP contribution is 2.42. The van der Waals surface area contributed by atoms with Gasteiger partial charge in [-0.05, 0) is 31.1 Å². The van der Waals surface area contributed by atoms with Crippen LogP contribution in [0.25, 0.3) is 0 Å². The number of esters is 1. The molecule has 0 radical (unpaired) electrons. The number of ether oxygens (including phenoxy) is 1. The number of Topliss-reactive ketones (excluding diaryl/α,β-unsaturated/α-hetero) is 1. The smallest absolute Gasteiger partial charge is 0.302 e. The number of carbonyl (C=O) groups is 2. The summed E-state index contributed by atoms with van der Waals surface area (Å²) < 4.78 is 5.04. The second-order valence-electron chi connectivity index (χ2n) is 5.46. The van der Waals surface area contributed by atoms with E-state index in [-0.39, 0.29) is 11.5 Å². The minimum atomic E-state index is -0.330. The maximum absolute atomic E-state index is 11.5. The van der Waals surface area contributed by atoms with Crippen LogP contribution in [0.1, 0.15) is 39.0 Å². The number of fused-ring (bicyclic) bond motifs is 2. The number of nitrogens with two attached hydrogens (primary N) is 1. The Labute approximate surface area is 95.5 Å². The molecule has 90 valence electrons. The second-order valence-corrected chi connectivity index (χ2v) is 5.46. The van der Waals surface area contributed by atoms with Crippen molar-refractivity contribution in [3.8, 4) is 0 Å². The zero-order valence-electron chi connectivity index (χ0n) is 9.70. The van der Waals surface area contributed by atoms with Crippen LogP contribution in [0.5, 0.6) is 0 Å². The number of carbonyl (C=O) groups excluding carboxylic acids is 2. The molecule has 0 aliphatic heterocycles. The molecule has 0 spiro atoms. The summed E-state index contributed by atoms with van der Waals surface area (Å²) in [5, 5.41) is 0. The molecular formula is C12H19NO3. The lowest BCUT2D eigenvalue weighted by Gasteiger charge is -2.45. The van der Waals surface area contributed by atoms with Crippen LogP contribution in [-0.4, -0.2) is 23.9 Å². The highest BCUT2D eigenvalue weighted by atomic mass is 16.5. The fourth-order valence-electron chi connectivity index (χ4n) is 3.32. The minimum Gasteiger partial charge on any atom is -0.466 e. The average Bonchev–Trinajstić information content (AvgIpc) is 2.11. The lowest BCUT2D eigenvalue weighted by Crippen LogP contribution is -2.52. The summed E-state index contributed by atoms with van der Waals surface area (Å²) in [5.74, 6) is 0.795. The zero-order valence-corrected chi connectivity index (χ0v) is 9.70. The molecule has 2 bridgehead atoms. The summed E-state index contributed by atoms with van der Waals surface area (Å²) in [4.78, 5) is 22.2. The van der Waals surface area contributed by atoms with Crippen LogP contribution in [0, 0.1) is 11.8 Å². The molecule has 2 rings (SSSR count). The predicted octanol–water partition coefficient (Wildman–Crippen LogP) is 1.03. The monoisotopic (exact) mass is 225 g/mol. The number of hydrogen-bond donors (Lipinski definition) is 1. The molecule has 2 aliphatic rings. The van der Waals surface area contributed by atoms with Gasteiger partial charge in [0.15, 0.2) is 0 Å². The molecule has 0 amide bonds. The number of rotatable bonds is 2. The van der Waals surface area contributed by atoms with E-state index in [2.05, 4.69) is 0 Å². The lowest BCUT2D eigenvalue weighted by atomic mass is 9.64. The molecule has 0 aromatic rings. The van der Waals surface area contributed by atoms with Gasteiger partial charge in [-0.1, -0.05) is 0 Å². The Hall–Kier alpha value is -0.900. The van der Waals surface area contributed by atoms with E-state index in [0.29, 0.717) is 37.1 Å². The van der Waals surface area contributed by atoms with Gasteiger partial charge in [0.2, 0.25) is 0 Å². The molecule has 0 aromatic carbocycles. The molecule has 0 aromatic heterocycles. The zero-order chi connectivity index (χ0) is 11.8. The molecule has 4 heteroatoms. The summed E-state index contributed by atoms with van der Waals surface area (Å²) >= 11 is 0. The molecule has 4 nitrogen and oxygen atoms in total. The van der Waals surface area contributed by atoms with Crippen molar-refractivity contribution < 1.29 is 14.3 Å². The van der Waals surface area contributed by atoms with Crippen LogP contribution in [0.3, 0.4) is 0 Å². The van der Waals surface area contributed by atoms with Crippen LogP contribution in [0.2, 0.25) is 0 Å². The predicted molar refractivity (Wildman–Crippen MR) is 58.6 cm³/mol. The Morgan fingerprint density at radius 2 is 2.31 bits per heavy atom. The summed E-state index contributed by atoms with van der Waals surface area (Å²) in [6, 6.07) is 0. The van der Waals surface area contributed by atoms with Gasteiger partial charge < -0.3 is 10.5 Å². The molecule has 2 fully saturated rings. The Balaban J connectivity index is 1.95. The first-order chi connectivity index (χ1) is 7.47. The van der Waals surface area contributed by atoms with Crippen molar-refractivity contribution in [3.05, 3.63) is 0 Å². The van der Waals surface area contributed by atoms with Gasteiger partial charge in [-0.15, -0.1) is 0 Å². The third kappa shape index (κ3) is 2.61. The van der Waals surface area contributed by atoms with E-state index < -0.39 is 0 Å². The van der Waals surface area contributed by atoms with Crippen molar-refractivity contribution in [2.45, 2.75) is 44.6 Å². The number of ketones is 1. The van der Waals surface area contributed by atoms with E-state index in [9.17, 15) is 9.59 Å². The highest BCUT2D eigenvalue weighted by molar-refractivity contribution is 5.81. The minimum absolute atomic E-state index is 0.238. The average molecular weight is 225 g/mol. The maximum Gasteiger partial charge on any atom is 0.302 e. The van der Waals surface area contributed by atoms with E-state index >= 15 is 0 Å². The largest absolute Gasteiger partial charge is 0.466 e. The first-order valence-electron chi connectivity index (χ1n) is 5.91. The fraction of sp³-hybridized carbons (Fsp3) is 0.833. The van der Waals surface area contributed by atoms with Crippen molar-refractivity contribution in [2.24, 2.45) is 17.6 Å². The Kier molecular flexibility index (Phi) is 3.02. The molecule has 16 heavy (non-hydrogen) atoms. The van der Waals surface area contributed by atoms with Crippen molar-refractivity contribution in [1.29, 1.82) is 0 Å². The van der Waals surface area contributed by atoms with Gasteiger partial charge in [-0.2, -0.15) is 0 Å². The van der Waals surface area contributed by atoms with Gasteiger partial charge in [0, 0.05) is 25.3 Å². The van der Waals surface area contributed by atoms with E-state index in [4.69, 9.17) is 10.5 Å². The summed E-state index contributed by atoms with van der Waals surface area (Å²) in [6.45, 7) is 1.88. The molecular weight excluding hydrogens is 206 g/mol.